The first-order valence-electron chi connectivity index (χ1n) is 18.4. The van der Waals surface area contributed by atoms with Gasteiger partial charge in [-0.1, -0.05) is 27.7 Å². The summed E-state index contributed by atoms with van der Waals surface area (Å²) in [5.74, 6) is -3.25. The molecule has 2 N–H and O–H groups in total. The third-order valence-electron chi connectivity index (χ3n) is 8.59. The van der Waals surface area contributed by atoms with Crippen LogP contribution < -0.4 is 10.6 Å². The topological polar surface area (TPSA) is 187 Å². The molecular weight excluding hydrogens is 723 g/mol. The van der Waals surface area contributed by atoms with Gasteiger partial charge in [0.25, 0.3) is 0 Å². The van der Waals surface area contributed by atoms with Crippen LogP contribution in [-0.2, 0) is 43.2 Å². The first-order chi connectivity index (χ1) is 25.3. The minimum Gasteiger partial charge on any atom is -0.352 e. The molecule has 0 saturated heterocycles. The van der Waals surface area contributed by atoms with Gasteiger partial charge in [-0.25, -0.2) is 0 Å². The summed E-state index contributed by atoms with van der Waals surface area (Å²) in [5.41, 5.74) is 0. The fourth-order valence-corrected chi connectivity index (χ4v) is 6.37. The maximum absolute atomic E-state index is 14.2. The molecule has 53 heavy (non-hydrogen) atoms. The summed E-state index contributed by atoms with van der Waals surface area (Å²) in [7, 11) is 0. The van der Waals surface area contributed by atoms with Crippen LogP contribution in [0, 0.1) is 5.92 Å². The quantitative estimate of drug-likeness (QED) is 0.155. The van der Waals surface area contributed by atoms with Crippen LogP contribution in [-0.4, -0.2) is 125 Å². The number of thioether (sulfide) groups is 2. The Bertz CT molecular complexity index is 1210. The molecule has 1 rings (SSSR count). The normalized spacial score (nSPS) is 15.2. The van der Waals surface area contributed by atoms with E-state index in [1.165, 1.54) is 50.4 Å². The zero-order valence-electron chi connectivity index (χ0n) is 31.7. The number of carbonyl (C=O) groups excluding carboxylic acids is 9. The highest BCUT2D eigenvalue weighted by Crippen LogP contribution is 2.15. The van der Waals surface area contributed by atoms with E-state index < -0.39 is 23.6 Å². The van der Waals surface area contributed by atoms with Gasteiger partial charge in [-0.15, -0.1) is 23.5 Å². The Morgan fingerprint density at radius 3 is 1.19 bits per heavy atom. The van der Waals surface area contributed by atoms with Crippen LogP contribution in [0.1, 0.15) is 91.9 Å². The largest absolute Gasteiger partial charge is 0.352 e. The number of amides is 5. The van der Waals surface area contributed by atoms with Crippen molar-refractivity contribution in [3.8, 4) is 0 Å². The van der Waals surface area contributed by atoms with Gasteiger partial charge in [0.15, 0.2) is 0 Å². The van der Waals surface area contributed by atoms with E-state index in [0.717, 1.165) is 0 Å². The molecule has 0 aromatic carbocycles. The summed E-state index contributed by atoms with van der Waals surface area (Å²) < 4.78 is 0. The molecule has 0 radical (unpaired) electrons. The Morgan fingerprint density at radius 1 is 0.547 bits per heavy atom. The van der Waals surface area contributed by atoms with Crippen molar-refractivity contribution >= 4 is 76.2 Å². The van der Waals surface area contributed by atoms with Gasteiger partial charge in [0.2, 0.25) is 29.5 Å². The maximum atomic E-state index is 14.2. The molecule has 0 spiro atoms. The predicted octanol–water partition coefficient (Wildman–Crippen LogP) is 3.04. The van der Waals surface area contributed by atoms with Gasteiger partial charge in [0.05, 0.1) is 5.92 Å². The van der Waals surface area contributed by atoms with Gasteiger partial charge < -0.3 is 25.3 Å². The van der Waals surface area contributed by atoms with Gasteiger partial charge in [0.1, 0.15) is 23.1 Å². The van der Waals surface area contributed by atoms with Gasteiger partial charge in [-0.05, 0) is 10.8 Å². The summed E-state index contributed by atoms with van der Waals surface area (Å²) in [6, 6.07) is 0. The van der Waals surface area contributed by atoms with E-state index in [4.69, 9.17) is 0 Å². The lowest BCUT2D eigenvalue weighted by molar-refractivity contribution is -0.138. The van der Waals surface area contributed by atoms with E-state index in [9.17, 15) is 43.2 Å². The highest BCUT2D eigenvalue weighted by Gasteiger charge is 2.28. The van der Waals surface area contributed by atoms with Crippen molar-refractivity contribution < 1.29 is 43.2 Å². The standard InChI is InChI=1S/C37H57N5O9S2/c1-5-29(43)9-17-40(18-10-30(44)6-2)35(49)13-21-42(22-14-36(50)41(19-11-31(45)7-3)20-12-32(46)8-4)37(51)28-25-38-33(47)15-23-52-27-53-24-16-34(48)39-26-28/h15-16,23-24,28H,5-14,17-22,25-27H2,1-4H3,(H,38,47)(H,39,48)/b23-15+,24-16+. The second kappa shape index (κ2) is 27.8. The van der Waals surface area contributed by atoms with Crippen molar-refractivity contribution in [3.05, 3.63) is 23.0 Å². The van der Waals surface area contributed by atoms with E-state index >= 15 is 0 Å². The molecule has 1 aliphatic rings. The van der Waals surface area contributed by atoms with E-state index in [2.05, 4.69) is 10.6 Å². The Hall–Kier alpha value is -3.79. The van der Waals surface area contributed by atoms with Crippen LogP contribution in [0.25, 0.3) is 0 Å². The summed E-state index contributed by atoms with van der Waals surface area (Å²) >= 11 is 2.72. The van der Waals surface area contributed by atoms with E-state index in [0.29, 0.717) is 30.8 Å². The molecule has 0 unspecified atom stereocenters. The first-order valence-corrected chi connectivity index (χ1v) is 20.5. The Kier molecular flexibility index (Phi) is 24.7. The van der Waals surface area contributed by atoms with Crippen molar-refractivity contribution in [2.45, 2.75) is 91.9 Å². The number of nitrogens with one attached hydrogen (secondary N) is 2. The van der Waals surface area contributed by atoms with Crippen LogP contribution in [0.2, 0.25) is 0 Å². The molecule has 1 aliphatic heterocycles. The number of nitrogens with zero attached hydrogens (tertiary/aromatic N) is 3. The number of Topliss-reactive ketones (excluding diaryl/α,β-unsaturated/α-hetero) is 4. The van der Waals surface area contributed by atoms with Crippen LogP contribution in [0.3, 0.4) is 0 Å². The van der Waals surface area contributed by atoms with Crippen LogP contribution in [0.5, 0.6) is 0 Å². The van der Waals surface area contributed by atoms with Crippen molar-refractivity contribution in [1.29, 1.82) is 0 Å². The molecule has 0 aromatic heterocycles. The second-order valence-corrected chi connectivity index (χ2v) is 14.6. The fraction of sp³-hybridized carbons (Fsp3) is 0.649. The van der Waals surface area contributed by atoms with Gasteiger partial charge in [-0.3, -0.25) is 43.2 Å². The van der Waals surface area contributed by atoms with E-state index in [1.54, 1.807) is 38.5 Å². The predicted molar refractivity (Wildman–Crippen MR) is 206 cm³/mol. The highest BCUT2D eigenvalue weighted by atomic mass is 32.2. The second-order valence-electron chi connectivity index (χ2n) is 12.4. The Balaban J connectivity index is 3.35. The average molecular weight is 780 g/mol. The lowest BCUT2D eigenvalue weighted by Gasteiger charge is -2.30. The minimum atomic E-state index is -0.959. The Labute approximate surface area is 322 Å². The molecule has 296 valence electrons. The van der Waals surface area contributed by atoms with Crippen LogP contribution in [0.4, 0.5) is 0 Å². The van der Waals surface area contributed by atoms with E-state index in [1.807, 2.05) is 0 Å². The Morgan fingerprint density at radius 2 is 0.868 bits per heavy atom. The number of hydrogen-bond donors (Lipinski definition) is 2. The molecule has 0 aromatic rings. The van der Waals surface area contributed by atoms with E-state index in [-0.39, 0.29) is 126 Å². The van der Waals surface area contributed by atoms with Gasteiger partial charge >= 0.3 is 0 Å². The molecule has 0 bridgehead atoms. The van der Waals surface area contributed by atoms with Crippen molar-refractivity contribution in [3.63, 3.8) is 0 Å². The van der Waals surface area contributed by atoms with Gasteiger partial charge in [0, 0.05) is 134 Å². The van der Waals surface area contributed by atoms with Crippen molar-refractivity contribution in [2.75, 3.05) is 57.4 Å². The highest BCUT2D eigenvalue weighted by molar-refractivity contribution is 8.18. The monoisotopic (exact) mass is 779 g/mol. The third-order valence-corrected chi connectivity index (χ3v) is 10.3. The smallest absolute Gasteiger partial charge is 0.244 e. The van der Waals surface area contributed by atoms with Crippen molar-refractivity contribution in [2.24, 2.45) is 5.92 Å². The molecule has 0 fully saturated rings. The number of ketones is 4. The van der Waals surface area contributed by atoms with Crippen molar-refractivity contribution in [1.82, 2.24) is 25.3 Å². The molecule has 0 saturated carbocycles. The molecule has 0 atom stereocenters. The zero-order valence-corrected chi connectivity index (χ0v) is 33.3. The molecular formula is C37H57N5O9S2. The molecule has 1 heterocycles. The zero-order chi connectivity index (χ0) is 39.6. The molecule has 16 heteroatoms. The average Bonchev–Trinajstić information content (AvgIpc) is 3.15. The fourth-order valence-electron chi connectivity index (χ4n) is 4.99. The molecule has 0 aliphatic carbocycles. The van der Waals surface area contributed by atoms with Crippen LogP contribution in [0.15, 0.2) is 23.0 Å². The minimum absolute atomic E-state index is 0.0365. The number of rotatable bonds is 23. The summed E-state index contributed by atoms with van der Waals surface area (Å²) in [5, 5.41) is 9.21. The maximum Gasteiger partial charge on any atom is 0.244 e. The SMILES string of the molecule is CCC(=O)CCN(CCC(=O)CC)C(=O)CCN(CCC(=O)N(CCC(=O)CC)CCC(=O)CC)C(=O)C1CNC(=O)/C=C/SCS/C=C/C(=O)NC1. The lowest BCUT2D eigenvalue weighted by Crippen LogP contribution is -2.48. The molecule has 14 nitrogen and oxygen atoms in total. The third kappa shape index (κ3) is 20.9. The number of carbonyl (C=O) groups is 9. The summed E-state index contributed by atoms with van der Waals surface area (Å²) in [6.07, 6.45) is 4.06. The summed E-state index contributed by atoms with van der Waals surface area (Å²) in [4.78, 5) is 119. The van der Waals surface area contributed by atoms with Gasteiger partial charge in [-0.2, -0.15) is 0 Å². The first kappa shape index (κ1) is 47.2. The number of hydrogen-bond acceptors (Lipinski definition) is 11. The molecule has 5 amide bonds. The summed E-state index contributed by atoms with van der Waals surface area (Å²) in [6.45, 7) is 6.86. The van der Waals surface area contributed by atoms with Crippen LogP contribution >= 0.6 is 23.5 Å². The lowest BCUT2D eigenvalue weighted by atomic mass is 10.1.